The molecule has 7 heteroatoms. The second-order valence-electron chi connectivity index (χ2n) is 5.02. The molecule has 0 spiro atoms. The molecular weight excluding hydrogens is 407 g/mol. The van der Waals surface area contributed by atoms with E-state index in [1.54, 1.807) is 7.05 Å². The molecule has 0 radical (unpaired) electrons. The number of anilines is 1. The van der Waals surface area contributed by atoms with Crippen molar-refractivity contribution in [2.45, 2.75) is 25.4 Å². The molecule has 6 nitrogen and oxygen atoms in total. The third-order valence-corrected chi connectivity index (χ3v) is 3.42. The van der Waals surface area contributed by atoms with E-state index in [0.717, 1.165) is 24.4 Å². The van der Waals surface area contributed by atoms with Crippen molar-refractivity contribution < 1.29 is 9.53 Å². The Kier molecular flexibility index (Phi) is 8.46. The lowest BCUT2D eigenvalue weighted by atomic mass is 10.2. The second-order valence-corrected chi connectivity index (χ2v) is 5.02. The van der Waals surface area contributed by atoms with Crippen LogP contribution in [0.3, 0.4) is 0 Å². The first kappa shape index (κ1) is 19.3. The molecule has 1 aromatic rings. The van der Waals surface area contributed by atoms with E-state index in [4.69, 9.17) is 0 Å². The number of ether oxygens (including phenoxy) is 1. The fraction of sp³-hybridized carbons (Fsp3) is 0.375. The van der Waals surface area contributed by atoms with Crippen molar-refractivity contribution in [2.75, 3.05) is 19.5 Å². The summed E-state index contributed by atoms with van der Waals surface area (Å²) in [6.07, 6.45) is 5.96. The highest BCUT2D eigenvalue weighted by atomic mass is 127. The zero-order valence-corrected chi connectivity index (χ0v) is 15.7. The van der Waals surface area contributed by atoms with Crippen LogP contribution in [-0.4, -0.2) is 32.3 Å². The Morgan fingerprint density at radius 3 is 2.48 bits per heavy atom. The Hall–Kier alpha value is -1.77. The molecule has 0 unspecified atom stereocenters. The van der Waals surface area contributed by atoms with E-state index >= 15 is 0 Å². The lowest BCUT2D eigenvalue weighted by Crippen LogP contribution is -2.42. The van der Waals surface area contributed by atoms with Gasteiger partial charge in [-0.25, -0.2) is 4.79 Å². The van der Waals surface area contributed by atoms with Crippen LogP contribution in [0.15, 0.2) is 41.4 Å². The SMILES string of the molecule is CN=C(NCc1ccc(NC(=O)OC)cc1)NC1CC=CC1.I. The Bertz CT molecular complexity index is 550. The van der Waals surface area contributed by atoms with Crippen molar-refractivity contribution in [1.29, 1.82) is 0 Å². The standard InChI is InChI=1S/C16H22N4O2.HI/c1-17-15(19-13-5-3-4-6-13)18-11-12-7-9-14(10-8-12)20-16(21)22-2;/h3-4,7-10,13H,5-6,11H2,1-2H3,(H,20,21)(H2,17,18,19);1H. The van der Waals surface area contributed by atoms with Crippen LogP contribution in [0, 0.1) is 0 Å². The first-order valence-electron chi connectivity index (χ1n) is 7.27. The lowest BCUT2D eigenvalue weighted by Gasteiger charge is -2.17. The molecule has 0 saturated carbocycles. The Balaban J connectivity index is 0.00000264. The van der Waals surface area contributed by atoms with Gasteiger partial charge in [-0.1, -0.05) is 24.3 Å². The molecular formula is C16H23IN4O2. The van der Waals surface area contributed by atoms with Crippen molar-refractivity contribution >= 4 is 41.7 Å². The van der Waals surface area contributed by atoms with Crippen LogP contribution in [0.25, 0.3) is 0 Å². The van der Waals surface area contributed by atoms with Crippen LogP contribution < -0.4 is 16.0 Å². The summed E-state index contributed by atoms with van der Waals surface area (Å²) in [5, 5.41) is 9.29. The van der Waals surface area contributed by atoms with Gasteiger partial charge in [-0.15, -0.1) is 24.0 Å². The van der Waals surface area contributed by atoms with Crippen molar-refractivity contribution in [2.24, 2.45) is 4.99 Å². The second kappa shape index (κ2) is 10.1. The zero-order valence-electron chi connectivity index (χ0n) is 13.3. The van der Waals surface area contributed by atoms with E-state index in [1.807, 2.05) is 24.3 Å². The number of carbonyl (C=O) groups is 1. The third-order valence-electron chi connectivity index (χ3n) is 3.42. The summed E-state index contributed by atoms with van der Waals surface area (Å²) in [4.78, 5) is 15.3. The number of amides is 1. The van der Waals surface area contributed by atoms with Crippen LogP contribution in [0.1, 0.15) is 18.4 Å². The van der Waals surface area contributed by atoms with Gasteiger partial charge in [0, 0.05) is 25.3 Å². The molecule has 1 amide bonds. The van der Waals surface area contributed by atoms with E-state index in [1.165, 1.54) is 7.11 Å². The Labute approximate surface area is 153 Å². The normalized spacial score (nSPS) is 14.1. The van der Waals surface area contributed by atoms with Gasteiger partial charge < -0.3 is 15.4 Å². The maximum Gasteiger partial charge on any atom is 0.411 e. The number of benzene rings is 1. The average molecular weight is 430 g/mol. The molecule has 1 aliphatic rings. The highest BCUT2D eigenvalue weighted by molar-refractivity contribution is 14.0. The van der Waals surface area contributed by atoms with Gasteiger partial charge in [0.25, 0.3) is 0 Å². The summed E-state index contributed by atoms with van der Waals surface area (Å²) in [6, 6.07) is 8.00. The summed E-state index contributed by atoms with van der Waals surface area (Å²) >= 11 is 0. The number of halogens is 1. The van der Waals surface area contributed by atoms with E-state index in [9.17, 15) is 4.79 Å². The predicted molar refractivity (Wildman–Crippen MR) is 103 cm³/mol. The molecule has 0 heterocycles. The first-order chi connectivity index (χ1) is 10.7. The van der Waals surface area contributed by atoms with Gasteiger partial charge in [0.05, 0.1) is 7.11 Å². The quantitative estimate of drug-likeness (QED) is 0.297. The van der Waals surface area contributed by atoms with E-state index in [2.05, 4.69) is 37.8 Å². The van der Waals surface area contributed by atoms with Crippen molar-refractivity contribution in [3.8, 4) is 0 Å². The number of rotatable bonds is 4. The summed E-state index contributed by atoms with van der Waals surface area (Å²) in [7, 11) is 3.10. The van der Waals surface area contributed by atoms with Crippen molar-refractivity contribution in [1.82, 2.24) is 10.6 Å². The molecule has 0 saturated heterocycles. The van der Waals surface area contributed by atoms with Crippen molar-refractivity contribution in [3.63, 3.8) is 0 Å². The van der Waals surface area contributed by atoms with E-state index in [0.29, 0.717) is 18.3 Å². The fourth-order valence-corrected chi connectivity index (χ4v) is 2.18. The van der Waals surface area contributed by atoms with Gasteiger partial charge >= 0.3 is 6.09 Å². The maximum atomic E-state index is 11.1. The van der Waals surface area contributed by atoms with Crippen LogP contribution >= 0.6 is 24.0 Å². The van der Waals surface area contributed by atoms with Gasteiger partial charge in [0.15, 0.2) is 5.96 Å². The molecule has 0 aliphatic heterocycles. The van der Waals surface area contributed by atoms with Gasteiger partial charge in [-0.3, -0.25) is 10.3 Å². The molecule has 0 fully saturated rings. The first-order valence-corrected chi connectivity index (χ1v) is 7.27. The Morgan fingerprint density at radius 1 is 1.26 bits per heavy atom. The summed E-state index contributed by atoms with van der Waals surface area (Å²) in [5.74, 6) is 0.797. The molecule has 126 valence electrons. The van der Waals surface area contributed by atoms with E-state index in [-0.39, 0.29) is 24.0 Å². The van der Waals surface area contributed by atoms with Crippen LogP contribution in [0.5, 0.6) is 0 Å². The summed E-state index contributed by atoms with van der Waals surface area (Å²) in [6.45, 7) is 0.665. The minimum Gasteiger partial charge on any atom is -0.453 e. The fourth-order valence-electron chi connectivity index (χ4n) is 2.18. The number of carbonyl (C=O) groups excluding carboxylic acids is 1. The average Bonchev–Trinajstić information content (AvgIpc) is 3.05. The van der Waals surface area contributed by atoms with Crippen LogP contribution in [0.2, 0.25) is 0 Å². The zero-order chi connectivity index (χ0) is 15.8. The molecule has 0 atom stereocenters. The number of hydrogen-bond acceptors (Lipinski definition) is 3. The predicted octanol–water partition coefficient (Wildman–Crippen LogP) is 2.87. The minimum absolute atomic E-state index is 0. The van der Waals surface area contributed by atoms with Crippen molar-refractivity contribution in [3.05, 3.63) is 42.0 Å². The third kappa shape index (κ3) is 6.47. The number of aliphatic imine (C=N–C) groups is 1. The number of guanidine groups is 1. The van der Waals surface area contributed by atoms with Crippen LogP contribution in [-0.2, 0) is 11.3 Å². The maximum absolute atomic E-state index is 11.1. The molecule has 1 aromatic carbocycles. The van der Waals surface area contributed by atoms with Gasteiger partial charge in [-0.05, 0) is 30.5 Å². The largest absolute Gasteiger partial charge is 0.453 e. The molecule has 3 N–H and O–H groups in total. The monoisotopic (exact) mass is 430 g/mol. The smallest absolute Gasteiger partial charge is 0.411 e. The summed E-state index contributed by atoms with van der Waals surface area (Å²) < 4.78 is 4.55. The topological polar surface area (TPSA) is 74.8 Å². The summed E-state index contributed by atoms with van der Waals surface area (Å²) in [5.41, 5.74) is 1.80. The van der Waals surface area contributed by atoms with Gasteiger partial charge in [-0.2, -0.15) is 0 Å². The van der Waals surface area contributed by atoms with Gasteiger partial charge in [0.1, 0.15) is 0 Å². The Morgan fingerprint density at radius 2 is 1.91 bits per heavy atom. The molecule has 0 bridgehead atoms. The number of nitrogens with zero attached hydrogens (tertiary/aromatic N) is 1. The van der Waals surface area contributed by atoms with Crippen LogP contribution in [0.4, 0.5) is 10.5 Å². The molecule has 2 rings (SSSR count). The minimum atomic E-state index is -0.472. The van der Waals surface area contributed by atoms with E-state index < -0.39 is 6.09 Å². The number of nitrogens with one attached hydrogen (secondary N) is 3. The highest BCUT2D eigenvalue weighted by Gasteiger charge is 2.11. The number of hydrogen-bond donors (Lipinski definition) is 3. The lowest BCUT2D eigenvalue weighted by molar-refractivity contribution is 0.187. The molecule has 0 aromatic heterocycles. The molecule has 1 aliphatic carbocycles. The highest BCUT2D eigenvalue weighted by Crippen LogP contribution is 2.10. The molecule has 23 heavy (non-hydrogen) atoms. The number of methoxy groups -OCH3 is 1. The van der Waals surface area contributed by atoms with Gasteiger partial charge in [0.2, 0.25) is 0 Å².